The molecule has 7 heteroatoms. The molecule has 3 aromatic rings. The summed E-state index contributed by atoms with van der Waals surface area (Å²) in [5.74, 6) is -0.467. The van der Waals surface area contributed by atoms with Crippen LogP contribution < -0.4 is 0 Å². The standard InChI is InChI=1S/C20H15Cl2FN2OS/c1-2-26-12-25-19(27-16-7-8-18(23)17(22)10-16)9-14(11-24)20(25)13-3-5-15(21)6-4-13/h3-10H,2,12H2,1H3. The first kappa shape index (κ1) is 19.8. The van der Waals surface area contributed by atoms with Crippen LogP contribution in [0.5, 0.6) is 0 Å². The summed E-state index contributed by atoms with van der Waals surface area (Å²) in [5.41, 5.74) is 2.13. The van der Waals surface area contributed by atoms with Gasteiger partial charge in [-0.25, -0.2) is 4.39 Å². The molecule has 0 atom stereocenters. The lowest BCUT2D eigenvalue weighted by Gasteiger charge is -2.14. The Labute approximate surface area is 171 Å². The molecule has 0 unspecified atom stereocenters. The highest BCUT2D eigenvalue weighted by Gasteiger charge is 2.18. The second-order valence-electron chi connectivity index (χ2n) is 5.59. The molecule has 0 amide bonds. The highest BCUT2D eigenvalue weighted by atomic mass is 35.5. The lowest BCUT2D eigenvalue weighted by molar-refractivity contribution is 0.0840. The summed E-state index contributed by atoms with van der Waals surface area (Å²) in [5, 5.41) is 11.1. The van der Waals surface area contributed by atoms with Crippen LogP contribution in [-0.4, -0.2) is 11.2 Å². The maximum absolute atomic E-state index is 13.4. The second kappa shape index (κ2) is 8.81. The van der Waals surface area contributed by atoms with Gasteiger partial charge in [0.2, 0.25) is 0 Å². The van der Waals surface area contributed by atoms with Gasteiger partial charge in [0, 0.05) is 16.5 Å². The molecule has 0 spiro atoms. The largest absolute Gasteiger partial charge is 0.361 e. The zero-order valence-electron chi connectivity index (χ0n) is 14.4. The van der Waals surface area contributed by atoms with Crippen molar-refractivity contribution in [2.45, 2.75) is 23.6 Å². The minimum atomic E-state index is -0.467. The minimum Gasteiger partial charge on any atom is -0.361 e. The molecule has 0 N–H and O–H groups in total. The van der Waals surface area contributed by atoms with Gasteiger partial charge in [0.15, 0.2) is 0 Å². The third-order valence-corrected chi connectivity index (χ3v) is 5.41. The number of hydrogen-bond donors (Lipinski definition) is 0. The van der Waals surface area contributed by atoms with Gasteiger partial charge in [-0.15, -0.1) is 0 Å². The van der Waals surface area contributed by atoms with Crippen LogP contribution in [0.3, 0.4) is 0 Å². The Bertz CT molecular complexity index is 996. The molecule has 3 nitrogen and oxygen atoms in total. The van der Waals surface area contributed by atoms with E-state index in [-0.39, 0.29) is 11.8 Å². The van der Waals surface area contributed by atoms with Crippen LogP contribution in [0, 0.1) is 17.1 Å². The van der Waals surface area contributed by atoms with Gasteiger partial charge in [-0.2, -0.15) is 5.26 Å². The maximum Gasteiger partial charge on any atom is 0.141 e. The number of halogens is 3. The Kier molecular flexibility index (Phi) is 6.46. The zero-order valence-corrected chi connectivity index (χ0v) is 16.7. The van der Waals surface area contributed by atoms with E-state index in [0.29, 0.717) is 17.2 Å². The summed E-state index contributed by atoms with van der Waals surface area (Å²) in [6, 6.07) is 15.9. The van der Waals surface area contributed by atoms with E-state index < -0.39 is 5.82 Å². The van der Waals surface area contributed by atoms with Crippen LogP contribution in [0.25, 0.3) is 11.3 Å². The summed E-state index contributed by atoms with van der Waals surface area (Å²) < 4.78 is 21.0. The van der Waals surface area contributed by atoms with Gasteiger partial charge < -0.3 is 9.30 Å². The lowest BCUT2D eigenvalue weighted by Crippen LogP contribution is -2.05. The molecular weight excluding hydrogens is 406 g/mol. The molecule has 1 heterocycles. The number of hydrogen-bond acceptors (Lipinski definition) is 3. The molecule has 0 aliphatic heterocycles. The highest BCUT2D eigenvalue weighted by Crippen LogP contribution is 2.37. The van der Waals surface area contributed by atoms with Crippen molar-refractivity contribution in [1.29, 1.82) is 5.26 Å². The fourth-order valence-corrected chi connectivity index (χ4v) is 3.94. The van der Waals surface area contributed by atoms with Crippen molar-refractivity contribution >= 4 is 35.0 Å². The Morgan fingerprint density at radius 2 is 1.89 bits per heavy atom. The average Bonchev–Trinajstić information content (AvgIpc) is 3.01. The van der Waals surface area contributed by atoms with Gasteiger partial charge in [0.05, 0.1) is 21.3 Å². The van der Waals surface area contributed by atoms with Crippen LogP contribution in [0.4, 0.5) is 4.39 Å². The smallest absolute Gasteiger partial charge is 0.141 e. The first-order valence-corrected chi connectivity index (χ1v) is 9.71. The Morgan fingerprint density at radius 3 is 2.52 bits per heavy atom. The molecular formula is C20H15Cl2FN2OS. The first-order valence-electron chi connectivity index (χ1n) is 8.13. The van der Waals surface area contributed by atoms with Gasteiger partial charge in [0.1, 0.15) is 18.6 Å². The minimum absolute atomic E-state index is 0.0568. The topological polar surface area (TPSA) is 38.0 Å². The van der Waals surface area contributed by atoms with Gasteiger partial charge in [0.25, 0.3) is 0 Å². The molecule has 0 aliphatic carbocycles. The molecule has 0 bridgehead atoms. The number of aromatic nitrogens is 1. The summed E-state index contributed by atoms with van der Waals surface area (Å²) in [7, 11) is 0. The lowest BCUT2D eigenvalue weighted by atomic mass is 10.1. The first-order chi connectivity index (χ1) is 13.0. The Balaban J connectivity index is 2.08. The molecule has 0 fully saturated rings. The van der Waals surface area contributed by atoms with Crippen molar-refractivity contribution in [3.63, 3.8) is 0 Å². The molecule has 0 radical (unpaired) electrons. The van der Waals surface area contributed by atoms with E-state index in [4.69, 9.17) is 27.9 Å². The van der Waals surface area contributed by atoms with E-state index in [1.54, 1.807) is 30.3 Å². The molecule has 1 aromatic heterocycles. The quantitative estimate of drug-likeness (QED) is 0.449. The second-order valence-corrected chi connectivity index (χ2v) is 7.53. The summed E-state index contributed by atoms with van der Waals surface area (Å²) in [4.78, 5) is 0.767. The van der Waals surface area contributed by atoms with Gasteiger partial charge in [-0.3, -0.25) is 0 Å². The number of benzene rings is 2. The molecule has 0 saturated carbocycles. The molecule has 0 saturated heterocycles. The predicted octanol–water partition coefficient (Wildman–Crippen LogP) is 6.62. The van der Waals surface area contributed by atoms with Gasteiger partial charge >= 0.3 is 0 Å². The molecule has 138 valence electrons. The summed E-state index contributed by atoms with van der Waals surface area (Å²) in [6.45, 7) is 2.73. The third kappa shape index (κ3) is 4.48. The van der Waals surface area contributed by atoms with Crippen molar-refractivity contribution in [3.8, 4) is 17.3 Å². The van der Waals surface area contributed by atoms with Crippen molar-refractivity contribution < 1.29 is 9.13 Å². The number of rotatable bonds is 6. The maximum atomic E-state index is 13.4. The van der Waals surface area contributed by atoms with Crippen LogP contribution >= 0.6 is 35.0 Å². The average molecular weight is 421 g/mol. The van der Waals surface area contributed by atoms with E-state index in [1.165, 1.54) is 17.8 Å². The Hall–Kier alpha value is -1.97. The van der Waals surface area contributed by atoms with E-state index in [0.717, 1.165) is 21.2 Å². The van der Waals surface area contributed by atoms with Crippen molar-refractivity contribution in [2.24, 2.45) is 0 Å². The van der Waals surface area contributed by atoms with Gasteiger partial charge in [-0.05, 0) is 48.9 Å². The van der Waals surface area contributed by atoms with Crippen LogP contribution in [0.2, 0.25) is 10.0 Å². The number of nitrogens with zero attached hydrogens (tertiary/aromatic N) is 2. The molecule has 2 aromatic carbocycles. The van der Waals surface area contributed by atoms with E-state index in [9.17, 15) is 9.65 Å². The zero-order chi connectivity index (χ0) is 19.4. The van der Waals surface area contributed by atoms with Crippen molar-refractivity contribution in [3.05, 3.63) is 70.0 Å². The van der Waals surface area contributed by atoms with E-state index in [2.05, 4.69) is 6.07 Å². The van der Waals surface area contributed by atoms with Crippen LogP contribution in [0.15, 0.2) is 58.5 Å². The third-order valence-electron chi connectivity index (χ3n) is 3.83. The SMILES string of the molecule is CCOCn1c(Sc2ccc(F)c(Cl)c2)cc(C#N)c1-c1ccc(Cl)cc1. The molecule has 0 aliphatic rings. The normalized spacial score (nSPS) is 10.8. The van der Waals surface area contributed by atoms with Gasteiger partial charge in [-0.1, -0.05) is 47.1 Å². The monoisotopic (exact) mass is 420 g/mol. The van der Waals surface area contributed by atoms with Crippen LogP contribution in [-0.2, 0) is 11.5 Å². The number of nitriles is 1. The summed E-state index contributed by atoms with van der Waals surface area (Å²) >= 11 is 13.3. The molecule has 27 heavy (non-hydrogen) atoms. The van der Waals surface area contributed by atoms with Crippen LogP contribution in [0.1, 0.15) is 12.5 Å². The van der Waals surface area contributed by atoms with E-state index in [1.807, 2.05) is 23.6 Å². The van der Waals surface area contributed by atoms with Crippen molar-refractivity contribution in [1.82, 2.24) is 4.57 Å². The van der Waals surface area contributed by atoms with Crippen molar-refractivity contribution in [2.75, 3.05) is 6.61 Å². The summed E-state index contributed by atoms with van der Waals surface area (Å²) in [6.07, 6.45) is 0. The molecule has 3 rings (SSSR count). The fraction of sp³-hybridized carbons (Fsp3) is 0.150. The van der Waals surface area contributed by atoms with E-state index >= 15 is 0 Å². The number of ether oxygens (including phenoxy) is 1. The fourth-order valence-electron chi connectivity index (χ4n) is 2.59. The highest BCUT2D eigenvalue weighted by molar-refractivity contribution is 7.99. The predicted molar refractivity (Wildman–Crippen MR) is 107 cm³/mol. The Morgan fingerprint density at radius 1 is 1.15 bits per heavy atom.